The van der Waals surface area contributed by atoms with Crippen LogP contribution in [0.2, 0.25) is 0 Å². The van der Waals surface area contributed by atoms with Gasteiger partial charge in [-0.2, -0.15) is 0 Å². The Morgan fingerprint density at radius 2 is 2.04 bits per heavy atom. The summed E-state index contributed by atoms with van der Waals surface area (Å²) >= 11 is 1.77. The molecule has 1 aliphatic carbocycles. The summed E-state index contributed by atoms with van der Waals surface area (Å²) in [7, 11) is 0. The second-order valence-electron chi connectivity index (χ2n) is 7.95. The number of hydrogen-bond acceptors (Lipinski definition) is 6. The number of thiophene rings is 1. The third-order valence-corrected chi connectivity index (χ3v) is 7.70. The highest BCUT2D eigenvalue weighted by molar-refractivity contribution is 7.15. The van der Waals surface area contributed by atoms with Gasteiger partial charge in [-0.05, 0) is 50.2 Å². The molecule has 1 saturated heterocycles. The summed E-state index contributed by atoms with van der Waals surface area (Å²) in [5.41, 5.74) is 7.66. The van der Waals surface area contributed by atoms with Gasteiger partial charge >= 0.3 is 0 Å². The first-order chi connectivity index (χ1) is 13.1. The Morgan fingerprint density at radius 3 is 2.70 bits per heavy atom. The highest BCUT2D eigenvalue weighted by atomic mass is 32.1. The minimum Gasteiger partial charge on any atom is -0.369 e. The molecule has 142 valence electrons. The fourth-order valence-electron chi connectivity index (χ4n) is 4.50. The van der Waals surface area contributed by atoms with Crippen LogP contribution in [-0.2, 0) is 21.6 Å². The minimum atomic E-state index is -0.606. The number of rotatable bonds is 2. The van der Waals surface area contributed by atoms with Crippen molar-refractivity contribution in [3.63, 3.8) is 0 Å². The van der Waals surface area contributed by atoms with E-state index in [1.807, 2.05) is 11.1 Å². The van der Waals surface area contributed by atoms with E-state index in [9.17, 15) is 4.79 Å². The molecule has 1 saturated carbocycles. The molecule has 7 heteroatoms. The molecule has 2 aromatic heterocycles. The molecule has 27 heavy (non-hydrogen) atoms. The SMILES string of the molecule is NC1(C(=O)N2CCC3(CC2)OCCc2cc(-c4cnccn4)sc23)CCC1. The summed E-state index contributed by atoms with van der Waals surface area (Å²) in [6, 6.07) is 2.25. The van der Waals surface area contributed by atoms with Crippen molar-refractivity contribution < 1.29 is 9.53 Å². The average molecular weight is 385 g/mol. The van der Waals surface area contributed by atoms with Gasteiger partial charge in [-0.3, -0.25) is 14.8 Å². The Hall–Kier alpha value is -1.83. The number of ether oxygens (including phenoxy) is 1. The third-order valence-electron chi connectivity index (χ3n) is 6.32. The maximum absolute atomic E-state index is 12.8. The van der Waals surface area contributed by atoms with Crippen LogP contribution in [0.25, 0.3) is 10.6 Å². The van der Waals surface area contributed by atoms with Gasteiger partial charge in [0.05, 0.1) is 28.9 Å². The Morgan fingerprint density at radius 1 is 1.22 bits per heavy atom. The minimum absolute atomic E-state index is 0.131. The van der Waals surface area contributed by atoms with Crippen LogP contribution in [0, 0.1) is 0 Å². The van der Waals surface area contributed by atoms with E-state index in [1.165, 1.54) is 10.4 Å². The zero-order valence-corrected chi connectivity index (χ0v) is 16.1. The lowest BCUT2D eigenvalue weighted by Gasteiger charge is -2.47. The largest absolute Gasteiger partial charge is 0.369 e. The van der Waals surface area contributed by atoms with Crippen molar-refractivity contribution >= 4 is 17.2 Å². The number of likely N-dealkylation sites (tertiary alicyclic amines) is 1. The fourth-order valence-corrected chi connectivity index (χ4v) is 5.88. The number of nitrogens with zero attached hydrogens (tertiary/aromatic N) is 3. The molecule has 0 radical (unpaired) electrons. The summed E-state index contributed by atoms with van der Waals surface area (Å²) in [6.45, 7) is 2.17. The summed E-state index contributed by atoms with van der Waals surface area (Å²) in [5.74, 6) is 0.131. The van der Waals surface area contributed by atoms with Crippen LogP contribution in [0.5, 0.6) is 0 Å². The lowest BCUT2D eigenvalue weighted by Crippen LogP contribution is -2.61. The first-order valence-electron chi connectivity index (χ1n) is 9.72. The Labute approximate surface area is 162 Å². The Kier molecular flexibility index (Phi) is 4.07. The molecule has 2 N–H and O–H groups in total. The van der Waals surface area contributed by atoms with E-state index in [0.717, 1.165) is 68.8 Å². The van der Waals surface area contributed by atoms with Crippen LogP contribution >= 0.6 is 11.3 Å². The van der Waals surface area contributed by atoms with Crippen molar-refractivity contribution in [1.82, 2.24) is 14.9 Å². The van der Waals surface area contributed by atoms with E-state index in [2.05, 4.69) is 16.0 Å². The molecule has 0 bridgehead atoms. The molecule has 2 fully saturated rings. The van der Waals surface area contributed by atoms with Gasteiger partial charge < -0.3 is 15.4 Å². The zero-order valence-electron chi connectivity index (χ0n) is 15.3. The second kappa shape index (κ2) is 6.36. The van der Waals surface area contributed by atoms with Crippen molar-refractivity contribution in [1.29, 1.82) is 0 Å². The van der Waals surface area contributed by atoms with E-state index in [4.69, 9.17) is 10.5 Å². The van der Waals surface area contributed by atoms with Gasteiger partial charge in [0.2, 0.25) is 5.91 Å². The lowest BCUT2D eigenvalue weighted by molar-refractivity contribution is -0.148. The van der Waals surface area contributed by atoms with E-state index in [-0.39, 0.29) is 11.5 Å². The predicted molar refractivity (Wildman–Crippen MR) is 103 cm³/mol. The molecular weight excluding hydrogens is 360 g/mol. The molecule has 3 aliphatic rings. The highest BCUT2D eigenvalue weighted by Crippen LogP contribution is 2.47. The summed E-state index contributed by atoms with van der Waals surface area (Å²) in [5, 5.41) is 0. The van der Waals surface area contributed by atoms with Crippen molar-refractivity contribution in [3.8, 4) is 10.6 Å². The molecule has 0 unspecified atom stereocenters. The summed E-state index contributed by atoms with van der Waals surface area (Å²) < 4.78 is 6.34. The number of amides is 1. The van der Waals surface area contributed by atoms with Gasteiger partial charge in [-0.25, -0.2) is 0 Å². The first-order valence-corrected chi connectivity index (χ1v) is 10.5. The van der Waals surface area contributed by atoms with Crippen molar-refractivity contribution in [2.24, 2.45) is 5.73 Å². The van der Waals surface area contributed by atoms with Gasteiger partial charge in [-0.15, -0.1) is 11.3 Å². The normalized spacial score (nSPS) is 22.9. The number of carbonyl (C=O) groups excluding carboxylic acids is 1. The summed E-state index contributed by atoms with van der Waals surface area (Å²) in [4.78, 5) is 25.8. The monoisotopic (exact) mass is 384 g/mol. The van der Waals surface area contributed by atoms with Crippen LogP contribution in [0.3, 0.4) is 0 Å². The molecule has 0 aromatic carbocycles. The van der Waals surface area contributed by atoms with E-state index in [0.29, 0.717) is 0 Å². The number of hydrogen-bond donors (Lipinski definition) is 1. The molecule has 0 atom stereocenters. The third kappa shape index (κ3) is 2.80. The quantitative estimate of drug-likeness (QED) is 0.860. The number of nitrogens with two attached hydrogens (primary N) is 1. The van der Waals surface area contributed by atoms with Crippen LogP contribution in [0.4, 0.5) is 0 Å². The van der Waals surface area contributed by atoms with Gasteiger partial charge in [0.25, 0.3) is 0 Å². The number of carbonyl (C=O) groups is 1. The molecule has 1 spiro atoms. The van der Waals surface area contributed by atoms with Crippen molar-refractivity contribution in [3.05, 3.63) is 35.1 Å². The van der Waals surface area contributed by atoms with Gasteiger partial charge in [0.15, 0.2) is 0 Å². The first kappa shape index (κ1) is 17.3. The average Bonchev–Trinajstić information content (AvgIpc) is 3.13. The maximum Gasteiger partial charge on any atom is 0.242 e. The smallest absolute Gasteiger partial charge is 0.242 e. The number of piperidine rings is 1. The van der Waals surface area contributed by atoms with Crippen LogP contribution < -0.4 is 5.73 Å². The van der Waals surface area contributed by atoms with E-state index in [1.54, 1.807) is 23.7 Å². The lowest BCUT2D eigenvalue weighted by atomic mass is 9.76. The van der Waals surface area contributed by atoms with Gasteiger partial charge in [0, 0.05) is 30.4 Å². The zero-order chi connectivity index (χ0) is 18.5. The summed E-state index contributed by atoms with van der Waals surface area (Å²) in [6.07, 6.45) is 10.5. The van der Waals surface area contributed by atoms with Crippen LogP contribution in [0.15, 0.2) is 24.7 Å². The molecule has 2 aromatic rings. The maximum atomic E-state index is 12.8. The van der Waals surface area contributed by atoms with Crippen LogP contribution in [0.1, 0.15) is 42.5 Å². The van der Waals surface area contributed by atoms with Crippen molar-refractivity contribution in [2.45, 2.75) is 49.7 Å². The Balaban J connectivity index is 1.38. The molecule has 5 rings (SSSR count). The molecule has 1 amide bonds. The van der Waals surface area contributed by atoms with Crippen LogP contribution in [-0.4, -0.2) is 46.0 Å². The Bertz CT molecular complexity index is 854. The number of aromatic nitrogens is 2. The fraction of sp³-hybridized carbons (Fsp3) is 0.550. The molecule has 2 aliphatic heterocycles. The highest BCUT2D eigenvalue weighted by Gasteiger charge is 2.47. The van der Waals surface area contributed by atoms with Gasteiger partial charge in [-0.1, -0.05) is 0 Å². The molecule has 4 heterocycles. The second-order valence-corrected chi connectivity index (χ2v) is 9.00. The standard InChI is InChI=1S/C20H24N4O2S/c21-19(3-1-4-19)18(25)24-9-5-20(6-10-24)17-14(2-11-26-20)12-16(27-17)15-13-22-7-8-23-15/h7-8,12-13H,1-6,9-11,21H2. The van der Waals surface area contributed by atoms with Crippen molar-refractivity contribution in [2.75, 3.05) is 19.7 Å². The molecule has 6 nitrogen and oxygen atoms in total. The van der Waals surface area contributed by atoms with E-state index >= 15 is 0 Å². The number of fused-ring (bicyclic) bond motifs is 2. The van der Waals surface area contributed by atoms with E-state index < -0.39 is 5.54 Å². The van der Waals surface area contributed by atoms with Gasteiger partial charge in [0.1, 0.15) is 5.60 Å². The topological polar surface area (TPSA) is 81.3 Å². The predicted octanol–water partition coefficient (Wildman–Crippen LogP) is 2.48. The molecular formula is C20H24N4O2S.